The topological polar surface area (TPSA) is 90.9 Å². The number of hydrogen-bond donors (Lipinski definition) is 3. The number of hydrogen-bond acceptors (Lipinski definition) is 5. The largest absolute Gasteiger partial charge is 0.344 e. The van der Waals surface area contributed by atoms with Crippen LogP contribution in [-0.2, 0) is 14.4 Å². The normalized spacial score (nSPS) is 17.7. The highest BCUT2D eigenvalue weighted by molar-refractivity contribution is 7.81. The number of nitrogens with zero attached hydrogens (tertiary/aromatic N) is 2. The smallest absolute Gasteiger partial charge is 0.272 e. The van der Waals surface area contributed by atoms with E-state index in [4.69, 9.17) is 0 Å². The quantitative estimate of drug-likeness (QED) is 0.588. The molecule has 1 aliphatic rings. The van der Waals surface area contributed by atoms with Gasteiger partial charge in [-0.15, -0.1) is 0 Å². The number of benzodiazepines with no additional fused rings is 1. The molecule has 7 nitrogen and oxygen atoms in total. The zero-order chi connectivity index (χ0) is 23.4. The van der Waals surface area contributed by atoms with Crippen LogP contribution in [0.5, 0.6) is 0 Å². The first-order valence-corrected chi connectivity index (χ1v) is 11.0. The fraction of sp³-hybridized carbons (Fsp3) is 0.333. The number of likely N-dealkylation sites (N-methyl/N-ethyl adjacent to an activating group) is 1. The minimum absolute atomic E-state index is 0.0159. The van der Waals surface area contributed by atoms with E-state index in [0.717, 1.165) is 11.1 Å². The van der Waals surface area contributed by atoms with Crippen molar-refractivity contribution in [3.8, 4) is 0 Å². The van der Waals surface area contributed by atoms with Gasteiger partial charge in [-0.2, -0.15) is 12.6 Å². The maximum atomic E-state index is 13.2. The Kier molecular flexibility index (Phi) is 7.35. The summed E-state index contributed by atoms with van der Waals surface area (Å²) < 4.78 is 0. The van der Waals surface area contributed by atoms with Gasteiger partial charge in [0.05, 0.1) is 16.6 Å². The summed E-state index contributed by atoms with van der Waals surface area (Å²) in [5.41, 5.74) is 2.94. The molecule has 1 heterocycles. The maximum absolute atomic E-state index is 13.2. The highest BCUT2D eigenvalue weighted by Crippen LogP contribution is 2.27. The predicted molar refractivity (Wildman–Crippen MR) is 129 cm³/mol. The number of nitrogens with one attached hydrogen (secondary N) is 2. The summed E-state index contributed by atoms with van der Waals surface area (Å²) in [6, 6.07) is 16.1. The molecule has 2 N–H and O–H groups in total. The molecule has 8 heteroatoms. The number of aliphatic imine (C=N–C) groups is 1. The van der Waals surface area contributed by atoms with Gasteiger partial charge >= 0.3 is 0 Å². The lowest BCUT2D eigenvalue weighted by atomic mass is 10.0. The monoisotopic (exact) mass is 452 g/mol. The van der Waals surface area contributed by atoms with E-state index in [-0.39, 0.29) is 17.7 Å². The average Bonchev–Trinajstić information content (AvgIpc) is 2.89. The first-order chi connectivity index (χ1) is 15.2. The van der Waals surface area contributed by atoms with Gasteiger partial charge in [0.25, 0.3) is 5.91 Å². The van der Waals surface area contributed by atoms with Crippen molar-refractivity contribution in [3.05, 3.63) is 65.7 Å². The third-order valence-electron chi connectivity index (χ3n) is 5.32. The Bertz CT molecular complexity index is 1040. The molecule has 32 heavy (non-hydrogen) atoms. The summed E-state index contributed by atoms with van der Waals surface area (Å²) in [6.07, 6.45) is -1.13. The van der Waals surface area contributed by atoms with Gasteiger partial charge in [-0.3, -0.25) is 14.4 Å². The molecule has 1 aliphatic heterocycles. The summed E-state index contributed by atoms with van der Waals surface area (Å²) in [5, 5.41) is 4.81. The third-order valence-corrected chi connectivity index (χ3v) is 6.15. The van der Waals surface area contributed by atoms with E-state index in [2.05, 4.69) is 28.3 Å². The predicted octanol–water partition coefficient (Wildman–Crippen LogP) is 2.40. The van der Waals surface area contributed by atoms with Gasteiger partial charge in [0, 0.05) is 18.2 Å². The summed E-state index contributed by atoms with van der Waals surface area (Å²) >= 11 is 4.29. The SMILES string of the molecule is CC(C)C(S)C(=O)N[C@@H](C)C(=O)NC1N=C(c2ccccc2)c2ccccc2N(C)C1=O. The lowest BCUT2D eigenvalue weighted by molar-refractivity contribution is -0.130. The van der Waals surface area contributed by atoms with Crippen molar-refractivity contribution in [1.29, 1.82) is 0 Å². The Morgan fingerprint density at radius 1 is 1.00 bits per heavy atom. The van der Waals surface area contributed by atoms with E-state index in [9.17, 15) is 14.4 Å². The van der Waals surface area contributed by atoms with Crippen LogP contribution in [0.2, 0.25) is 0 Å². The second kappa shape index (κ2) is 9.99. The number of anilines is 1. The number of carbonyl (C=O) groups is 3. The van der Waals surface area contributed by atoms with Crippen molar-refractivity contribution in [2.24, 2.45) is 10.9 Å². The number of rotatable bonds is 6. The molecule has 3 amide bonds. The maximum Gasteiger partial charge on any atom is 0.272 e. The van der Waals surface area contributed by atoms with Crippen molar-refractivity contribution in [2.75, 3.05) is 11.9 Å². The number of para-hydroxylation sites is 1. The molecule has 0 saturated carbocycles. The van der Waals surface area contributed by atoms with Crippen LogP contribution in [0, 0.1) is 5.92 Å². The standard InChI is InChI=1S/C24H28N4O3S/c1-14(2)20(32)23(30)25-15(3)22(29)27-21-24(31)28(4)18-13-9-8-12-17(18)19(26-21)16-10-6-5-7-11-16/h5-15,20-21,32H,1-4H3,(H,25,30)(H,27,29)/t15-,20?,21?/m0/s1. The second-order valence-electron chi connectivity index (χ2n) is 8.09. The number of carbonyl (C=O) groups excluding carboxylic acids is 3. The zero-order valence-electron chi connectivity index (χ0n) is 18.6. The molecule has 168 valence electrons. The molecule has 0 radical (unpaired) electrons. The third kappa shape index (κ3) is 5.02. The second-order valence-corrected chi connectivity index (χ2v) is 8.64. The van der Waals surface area contributed by atoms with Gasteiger partial charge in [0.1, 0.15) is 6.04 Å². The number of thiol groups is 1. The van der Waals surface area contributed by atoms with Gasteiger partial charge in [0.15, 0.2) is 0 Å². The Balaban J connectivity index is 1.90. The number of amides is 3. The highest BCUT2D eigenvalue weighted by Gasteiger charge is 2.32. The molecule has 2 aromatic rings. The van der Waals surface area contributed by atoms with E-state index >= 15 is 0 Å². The van der Waals surface area contributed by atoms with Crippen LogP contribution in [0.4, 0.5) is 5.69 Å². The Morgan fingerprint density at radius 2 is 1.62 bits per heavy atom. The average molecular weight is 453 g/mol. The van der Waals surface area contributed by atoms with Crippen LogP contribution in [0.15, 0.2) is 59.6 Å². The molecule has 0 fully saturated rings. The Labute approximate surface area is 193 Å². The molecule has 0 bridgehead atoms. The minimum Gasteiger partial charge on any atom is -0.344 e. The van der Waals surface area contributed by atoms with Crippen LogP contribution in [0.25, 0.3) is 0 Å². The zero-order valence-corrected chi connectivity index (χ0v) is 19.5. The first-order valence-electron chi connectivity index (χ1n) is 10.5. The molecule has 3 atom stereocenters. The van der Waals surface area contributed by atoms with Crippen LogP contribution in [0.1, 0.15) is 31.9 Å². The van der Waals surface area contributed by atoms with Crippen molar-refractivity contribution >= 4 is 41.7 Å². The summed E-state index contributed by atoms with van der Waals surface area (Å²) in [7, 11) is 1.66. The fourth-order valence-corrected chi connectivity index (χ4v) is 3.44. The lowest BCUT2D eigenvalue weighted by Crippen LogP contribution is -2.53. The van der Waals surface area contributed by atoms with Crippen molar-refractivity contribution < 1.29 is 14.4 Å². The van der Waals surface area contributed by atoms with E-state index in [1.807, 2.05) is 68.4 Å². The van der Waals surface area contributed by atoms with Crippen molar-refractivity contribution in [3.63, 3.8) is 0 Å². The van der Waals surface area contributed by atoms with Gasteiger partial charge in [-0.1, -0.05) is 62.4 Å². The molecule has 3 rings (SSSR count). The molecule has 2 unspecified atom stereocenters. The van der Waals surface area contributed by atoms with E-state index in [1.165, 1.54) is 4.90 Å². The summed E-state index contributed by atoms with van der Waals surface area (Å²) in [4.78, 5) is 44.4. The van der Waals surface area contributed by atoms with Crippen LogP contribution in [0.3, 0.4) is 0 Å². The number of benzene rings is 2. The molecule has 0 aliphatic carbocycles. The minimum atomic E-state index is -1.13. The molecule has 0 aromatic heterocycles. The Morgan fingerprint density at radius 3 is 2.28 bits per heavy atom. The van der Waals surface area contributed by atoms with E-state index < -0.39 is 23.4 Å². The van der Waals surface area contributed by atoms with Gasteiger partial charge in [0.2, 0.25) is 18.0 Å². The Hall–Kier alpha value is -3.13. The number of fused-ring (bicyclic) bond motifs is 1. The molecule has 0 spiro atoms. The van der Waals surface area contributed by atoms with Gasteiger partial charge in [-0.25, -0.2) is 4.99 Å². The van der Waals surface area contributed by atoms with Crippen molar-refractivity contribution in [1.82, 2.24) is 10.6 Å². The molecular formula is C24H28N4O3S. The van der Waals surface area contributed by atoms with Crippen molar-refractivity contribution in [2.45, 2.75) is 38.2 Å². The lowest BCUT2D eigenvalue weighted by Gasteiger charge is -2.23. The van der Waals surface area contributed by atoms with Crippen LogP contribution in [-0.4, -0.2) is 47.9 Å². The summed E-state index contributed by atoms with van der Waals surface area (Å²) in [5.74, 6) is -1.19. The van der Waals surface area contributed by atoms with E-state index in [0.29, 0.717) is 11.4 Å². The first kappa shape index (κ1) is 23.5. The molecule has 2 aromatic carbocycles. The van der Waals surface area contributed by atoms with Gasteiger partial charge in [-0.05, 0) is 18.9 Å². The molecular weight excluding hydrogens is 424 g/mol. The van der Waals surface area contributed by atoms with Crippen LogP contribution >= 0.6 is 12.6 Å². The van der Waals surface area contributed by atoms with E-state index in [1.54, 1.807) is 14.0 Å². The van der Waals surface area contributed by atoms with Crippen LogP contribution < -0.4 is 15.5 Å². The van der Waals surface area contributed by atoms with Gasteiger partial charge < -0.3 is 15.5 Å². The summed E-state index contributed by atoms with van der Waals surface area (Å²) in [6.45, 7) is 5.31. The molecule has 0 saturated heterocycles. The highest BCUT2D eigenvalue weighted by atomic mass is 32.1. The fourth-order valence-electron chi connectivity index (χ4n) is 3.37.